The number of nitrogens with zero attached hydrogens (tertiary/aromatic N) is 1. The van der Waals surface area contributed by atoms with Gasteiger partial charge in [0.05, 0.1) is 13.6 Å². The first-order valence-electron chi connectivity index (χ1n) is 14.3. The molecule has 1 N–H and O–H groups in total. The largest absolute Gasteiger partial charge is 0.512 e. The Balaban J connectivity index is 0.000000377. The fraction of sp³-hybridized carbons (Fsp3) is 0.351. The Morgan fingerprint density at radius 2 is 1.48 bits per heavy atom. The molecule has 42 heavy (non-hydrogen) atoms. The van der Waals surface area contributed by atoms with Gasteiger partial charge < -0.3 is 5.11 Å². The topological polar surface area (TPSA) is 50.2 Å². The first-order valence-corrected chi connectivity index (χ1v) is 17.8. The second-order valence-corrected chi connectivity index (χ2v) is 19.1. The van der Waals surface area contributed by atoms with Crippen molar-refractivity contribution in [3.8, 4) is 22.4 Å². The summed E-state index contributed by atoms with van der Waals surface area (Å²) < 4.78 is 0. The van der Waals surface area contributed by atoms with Crippen LogP contribution >= 0.6 is 0 Å². The van der Waals surface area contributed by atoms with Crippen molar-refractivity contribution in [2.24, 2.45) is 10.8 Å². The smallest absolute Gasteiger partial charge is 0.164 e. The molecular formula is C37H46IrNO2Si-. The van der Waals surface area contributed by atoms with Crippen molar-refractivity contribution in [3.63, 3.8) is 0 Å². The summed E-state index contributed by atoms with van der Waals surface area (Å²) in [6.07, 6.45) is 1.33. The molecule has 0 saturated carbocycles. The molecule has 225 valence electrons. The molecule has 0 spiro atoms. The van der Waals surface area contributed by atoms with Crippen LogP contribution in [0.25, 0.3) is 33.3 Å². The van der Waals surface area contributed by atoms with Gasteiger partial charge in [-0.15, -0.1) is 34.9 Å². The van der Waals surface area contributed by atoms with Crippen LogP contribution in [0, 0.1) is 30.7 Å². The molecule has 4 rings (SSSR count). The molecule has 3 aromatic carbocycles. The molecule has 0 atom stereocenters. The number of aliphatic hydroxyl groups excluding tert-OH is 1. The molecule has 0 saturated heterocycles. The fourth-order valence-corrected chi connectivity index (χ4v) is 6.00. The number of hydrogen-bond donors (Lipinski definition) is 1. The number of pyridine rings is 1. The van der Waals surface area contributed by atoms with Gasteiger partial charge in [-0.3, -0.25) is 9.78 Å². The van der Waals surface area contributed by atoms with Crippen LogP contribution in [0.3, 0.4) is 0 Å². The van der Waals surface area contributed by atoms with E-state index >= 15 is 0 Å². The van der Waals surface area contributed by atoms with Crippen molar-refractivity contribution in [1.82, 2.24) is 4.98 Å². The molecular weight excluding hydrogens is 711 g/mol. The molecule has 0 unspecified atom stereocenters. The molecule has 5 heteroatoms. The zero-order valence-electron chi connectivity index (χ0n) is 27.1. The maximum absolute atomic E-state index is 11.5. The van der Waals surface area contributed by atoms with Gasteiger partial charge in [-0.05, 0) is 28.3 Å². The van der Waals surface area contributed by atoms with Crippen LogP contribution < -0.4 is 5.19 Å². The first-order chi connectivity index (χ1) is 18.9. The number of aryl methyl sites for hydroxylation is 2. The predicted octanol–water partition coefficient (Wildman–Crippen LogP) is 9.62. The minimum absolute atomic E-state index is 0. The third kappa shape index (κ3) is 9.32. The van der Waals surface area contributed by atoms with Crippen LogP contribution in [0.5, 0.6) is 0 Å². The van der Waals surface area contributed by atoms with Crippen molar-refractivity contribution in [1.29, 1.82) is 0 Å². The molecule has 1 heterocycles. The molecule has 0 aliphatic heterocycles. The average Bonchev–Trinajstić information content (AvgIpc) is 2.86. The van der Waals surface area contributed by atoms with Gasteiger partial charge in [-0.25, -0.2) is 0 Å². The van der Waals surface area contributed by atoms with Gasteiger partial charge in [0.15, 0.2) is 5.78 Å². The molecule has 0 aliphatic rings. The van der Waals surface area contributed by atoms with Crippen molar-refractivity contribution < 1.29 is 30.0 Å². The van der Waals surface area contributed by atoms with E-state index in [1.807, 2.05) is 41.5 Å². The van der Waals surface area contributed by atoms with E-state index in [0.29, 0.717) is 0 Å². The summed E-state index contributed by atoms with van der Waals surface area (Å²) in [6, 6.07) is 27.5. The summed E-state index contributed by atoms with van der Waals surface area (Å²) in [6.45, 7) is 22.6. The Morgan fingerprint density at radius 1 is 0.857 bits per heavy atom. The van der Waals surface area contributed by atoms with E-state index < -0.39 is 13.5 Å². The van der Waals surface area contributed by atoms with Gasteiger partial charge in [-0.2, -0.15) is 0 Å². The van der Waals surface area contributed by atoms with Gasteiger partial charge in [-0.1, -0.05) is 129 Å². The van der Waals surface area contributed by atoms with Crippen molar-refractivity contribution in [2.75, 3.05) is 0 Å². The standard InChI is InChI=1S/C26H26NSi.C11H20O2.Ir/c1-18-13-19(2)15-22(14-18)24-12-11-21-16-26(28(3,4)5)23(17-25(21)27-24)20-9-7-6-8-10-20;1-10(2,3)8(12)7-9(13)11(4,5)6;/h6-14,16-17H,1-5H3;7,12H,1-6H3;/q-1;;/b;8-7-;. The zero-order valence-corrected chi connectivity index (χ0v) is 30.5. The second kappa shape index (κ2) is 13.6. The normalized spacial score (nSPS) is 12.3. The van der Waals surface area contributed by atoms with Crippen molar-refractivity contribution in [3.05, 3.63) is 95.8 Å². The van der Waals surface area contributed by atoms with E-state index in [9.17, 15) is 9.90 Å². The number of hydrogen-bond acceptors (Lipinski definition) is 3. The maximum atomic E-state index is 11.5. The first kappa shape index (κ1) is 35.3. The van der Waals surface area contributed by atoms with Gasteiger partial charge in [0, 0.05) is 37.0 Å². The van der Waals surface area contributed by atoms with Gasteiger partial charge in [0.2, 0.25) is 0 Å². The predicted molar refractivity (Wildman–Crippen MR) is 179 cm³/mol. The van der Waals surface area contributed by atoms with Gasteiger partial charge in [0.25, 0.3) is 0 Å². The Hall–Kier alpha value is -2.85. The van der Waals surface area contributed by atoms with Crippen LogP contribution in [-0.2, 0) is 24.9 Å². The Morgan fingerprint density at radius 3 is 2.00 bits per heavy atom. The van der Waals surface area contributed by atoms with E-state index in [-0.39, 0.29) is 37.1 Å². The number of allylic oxidation sites excluding steroid dienone is 2. The molecule has 0 bridgehead atoms. The molecule has 3 nitrogen and oxygen atoms in total. The minimum atomic E-state index is -1.50. The van der Waals surface area contributed by atoms with Crippen molar-refractivity contribution >= 4 is 29.9 Å². The van der Waals surface area contributed by atoms with E-state index in [1.54, 1.807) is 0 Å². The van der Waals surface area contributed by atoms with Crippen LogP contribution in [0.1, 0.15) is 52.7 Å². The van der Waals surface area contributed by atoms with Crippen molar-refractivity contribution in [2.45, 2.75) is 75.0 Å². The monoisotopic (exact) mass is 757 g/mol. The van der Waals surface area contributed by atoms with E-state index in [2.05, 4.69) is 106 Å². The van der Waals surface area contributed by atoms with Crippen LogP contribution in [-0.4, -0.2) is 23.9 Å². The number of fused-ring (bicyclic) bond motifs is 1. The zero-order chi connectivity index (χ0) is 30.8. The van der Waals surface area contributed by atoms with Crippen LogP contribution in [0.4, 0.5) is 0 Å². The SMILES string of the molecule is CC(C)(C)C(=O)/C=C(\O)C(C)(C)C.Cc1[c-]c(-c2ccc3cc([Si](C)(C)C)c(-c4ccccc4)cc3n2)cc(C)c1.[Ir]. The van der Waals surface area contributed by atoms with E-state index in [0.717, 1.165) is 22.3 Å². The van der Waals surface area contributed by atoms with E-state index in [1.165, 1.54) is 33.3 Å². The van der Waals surface area contributed by atoms with Gasteiger partial charge in [0.1, 0.15) is 5.76 Å². The fourth-order valence-electron chi connectivity index (χ4n) is 4.39. The third-order valence-corrected chi connectivity index (χ3v) is 8.95. The molecule has 0 fully saturated rings. The summed E-state index contributed by atoms with van der Waals surface area (Å²) in [4.78, 5) is 16.5. The number of carbonyl (C=O) groups excluding carboxylic acids is 1. The summed E-state index contributed by atoms with van der Waals surface area (Å²) in [5, 5.41) is 12.3. The molecule has 0 amide bonds. The summed E-state index contributed by atoms with van der Waals surface area (Å²) >= 11 is 0. The third-order valence-electron chi connectivity index (χ3n) is 6.92. The Bertz CT molecular complexity index is 1550. The summed E-state index contributed by atoms with van der Waals surface area (Å²) in [7, 11) is -1.50. The van der Waals surface area contributed by atoms with Gasteiger partial charge >= 0.3 is 0 Å². The second-order valence-electron chi connectivity index (χ2n) is 14.1. The number of aliphatic hydroxyl groups is 1. The summed E-state index contributed by atoms with van der Waals surface area (Å²) in [5.41, 5.74) is 7.32. The maximum Gasteiger partial charge on any atom is 0.164 e. The molecule has 0 aliphatic carbocycles. The minimum Gasteiger partial charge on any atom is -0.512 e. The number of rotatable bonds is 4. The molecule has 4 aromatic rings. The van der Waals surface area contributed by atoms with Crippen LogP contribution in [0.2, 0.25) is 19.6 Å². The number of aromatic nitrogens is 1. The molecule has 1 aromatic heterocycles. The summed E-state index contributed by atoms with van der Waals surface area (Å²) in [5.74, 6) is 0.104. The molecule has 1 radical (unpaired) electrons. The number of carbonyl (C=O) groups is 1. The number of ketones is 1. The number of benzene rings is 3. The quantitative estimate of drug-likeness (QED) is 0.0977. The Kier molecular flexibility index (Phi) is 11.5. The van der Waals surface area contributed by atoms with Crippen LogP contribution in [0.15, 0.2) is 78.6 Å². The average molecular weight is 757 g/mol. The van der Waals surface area contributed by atoms with E-state index in [4.69, 9.17) is 4.98 Å². The Labute approximate surface area is 267 Å².